The van der Waals surface area contributed by atoms with Gasteiger partial charge in [-0.3, -0.25) is 4.79 Å². The molecule has 0 aliphatic rings. The third kappa shape index (κ3) is 3.22. The molecule has 1 aromatic heterocycles. The van der Waals surface area contributed by atoms with Crippen LogP contribution in [0, 0.1) is 6.92 Å². The summed E-state index contributed by atoms with van der Waals surface area (Å²) in [5.41, 5.74) is 1.37. The van der Waals surface area contributed by atoms with Gasteiger partial charge in [-0.2, -0.15) is 0 Å². The Bertz CT molecular complexity index is 941. The highest BCUT2D eigenvalue weighted by atomic mass is 16.6. The lowest BCUT2D eigenvalue weighted by Gasteiger charge is -2.12. The molecule has 0 aliphatic heterocycles. The predicted molar refractivity (Wildman–Crippen MR) is 96.6 cm³/mol. The number of esters is 1. The number of carbonyl (C=O) groups is 2. The highest BCUT2D eigenvalue weighted by molar-refractivity contribution is 6.08. The minimum absolute atomic E-state index is 0.140. The minimum Gasteiger partial charge on any atom is -0.448 e. The first-order valence-corrected chi connectivity index (χ1v) is 8.42. The molecule has 3 aromatic rings. The van der Waals surface area contributed by atoms with Crippen molar-refractivity contribution in [1.29, 1.82) is 0 Å². The Balaban J connectivity index is 1.90. The highest BCUT2D eigenvalue weighted by Gasteiger charge is 2.24. The normalized spacial score (nSPS) is 12.3. The first kappa shape index (κ1) is 17.0. The quantitative estimate of drug-likeness (QED) is 0.714. The molecule has 0 radical (unpaired) electrons. The van der Waals surface area contributed by atoms with Crippen molar-refractivity contribution in [3.8, 4) is 0 Å². The lowest BCUT2D eigenvalue weighted by Crippen LogP contribution is -2.36. The Labute approximate surface area is 145 Å². The Morgan fingerprint density at radius 2 is 1.92 bits per heavy atom. The van der Waals surface area contributed by atoms with Crippen LogP contribution in [0.2, 0.25) is 0 Å². The van der Waals surface area contributed by atoms with E-state index in [4.69, 9.17) is 9.15 Å². The molecule has 1 atom stereocenters. The number of carbonyl (C=O) groups excluding carboxylic acids is 2. The van der Waals surface area contributed by atoms with Gasteiger partial charge < -0.3 is 14.5 Å². The fourth-order valence-corrected chi connectivity index (χ4v) is 2.80. The Hall–Kier alpha value is -2.82. The summed E-state index contributed by atoms with van der Waals surface area (Å²) in [4.78, 5) is 24.3. The third-order valence-electron chi connectivity index (χ3n) is 4.22. The highest BCUT2D eigenvalue weighted by Crippen LogP contribution is 2.32. The maximum Gasteiger partial charge on any atom is 0.375 e. The van der Waals surface area contributed by atoms with Gasteiger partial charge in [-0.15, -0.1) is 0 Å². The zero-order valence-corrected chi connectivity index (χ0v) is 14.6. The molecular weight excluding hydrogens is 318 g/mol. The van der Waals surface area contributed by atoms with Crippen molar-refractivity contribution >= 4 is 33.6 Å². The molecule has 0 saturated heterocycles. The Kier molecular flexibility index (Phi) is 4.74. The largest absolute Gasteiger partial charge is 0.448 e. The Morgan fingerprint density at radius 3 is 2.68 bits per heavy atom. The molecule has 1 N–H and O–H groups in total. The molecule has 0 saturated carbocycles. The number of hydrogen-bond acceptors (Lipinski definition) is 4. The van der Waals surface area contributed by atoms with E-state index < -0.39 is 12.1 Å². The van der Waals surface area contributed by atoms with Crippen molar-refractivity contribution in [2.45, 2.75) is 33.3 Å². The van der Waals surface area contributed by atoms with Gasteiger partial charge >= 0.3 is 5.97 Å². The summed E-state index contributed by atoms with van der Waals surface area (Å²) in [6, 6.07) is 11.8. The average Bonchev–Trinajstić information content (AvgIpc) is 2.97. The number of aryl methyl sites for hydroxylation is 1. The van der Waals surface area contributed by atoms with Gasteiger partial charge in [0.2, 0.25) is 5.76 Å². The van der Waals surface area contributed by atoms with E-state index in [0.717, 1.165) is 22.6 Å². The summed E-state index contributed by atoms with van der Waals surface area (Å²) in [6.07, 6.45) is -0.0503. The topological polar surface area (TPSA) is 68.5 Å². The molecule has 130 valence electrons. The summed E-state index contributed by atoms with van der Waals surface area (Å²) < 4.78 is 11.1. The van der Waals surface area contributed by atoms with Gasteiger partial charge in [-0.05, 0) is 25.7 Å². The number of ether oxygens (including phenoxy) is 1. The summed E-state index contributed by atoms with van der Waals surface area (Å²) in [5.74, 6) is -0.798. The van der Waals surface area contributed by atoms with Crippen molar-refractivity contribution < 1.29 is 18.7 Å². The van der Waals surface area contributed by atoms with Crippen LogP contribution >= 0.6 is 0 Å². The Morgan fingerprint density at radius 1 is 1.16 bits per heavy atom. The van der Waals surface area contributed by atoms with Crippen molar-refractivity contribution in [2.24, 2.45) is 0 Å². The predicted octanol–water partition coefficient (Wildman–Crippen LogP) is 3.97. The maximum absolute atomic E-state index is 12.5. The van der Waals surface area contributed by atoms with Gasteiger partial charge in [0.25, 0.3) is 5.91 Å². The van der Waals surface area contributed by atoms with Crippen LogP contribution in [0.3, 0.4) is 0 Å². The van der Waals surface area contributed by atoms with E-state index >= 15 is 0 Å². The van der Waals surface area contributed by atoms with Crippen LogP contribution in [0.5, 0.6) is 0 Å². The van der Waals surface area contributed by atoms with Crippen LogP contribution in [-0.2, 0) is 9.53 Å². The molecule has 0 unspecified atom stereocenters. The van der Waals surface area contributed by atoms with Crippen LogP contribution in [-0.4, -0.2) is 24.5 Å². The van der Waals surface area contributed by atoms with Crippen LogP contribution in [0.25, 0.3) is 21.7 Å². The standard InChI is InChI=1S/C20H21NO4/c1-4-11-21-19(22)13(3)24-20(23)17-12(2)15-10-9-14-7-5-6-8-16(14)18(15)25-17/h5-10,13H,4,11H2,1-3H3,(H,21,22)/t13-/m0/s1. The van der Waals surface area contributed by atoms with Crippen LogP contribution in [0.1, 0.15) is 36.4 Å². The number of furan rings is 1. The zero-order chi connectivity index (χ0) is 18.0. The first-order chi connectivity index (χ1) is 12.0. The molecule has 2 aromatic carbocycles. The van der Waals surface area contributed by atoms with E-state index in [1.165, 1.54) is 0 Å². The number of benzene rings is 2. The summed E-state index contributed by atoms with van der Waals surface area (Å²) in [6.45, 7) is 5.88. The van der Waals surface area contributed by atoms with E-state index in [-0.39, 0.29) is 11.7 Å². The van der Waals surface area contributed by atoms with Crippen molar-refractivity contribution in [1.82, 2.24) is 5.32 Å². The molecule has 0 bridgehead atoms. The van der Waals surface area contributed by atoms with E-state index in [0.29, 0.717) is 17.7 Å². The van der Waals surface area contributed by atoms with Crippen molar-refractivity contribution in [3.63, 3.8) is 0 Å². The van der Waals surface area contributed by atoms with Crippen LogP contribution in [0.4, 0.5) is 0 Å². The SMILES string of the molecule is CCCNC(=O)[C@H](C)OC(=O)c1oc2c(ccc3ccccc32)c1C. The zero-order valence-electron chi connectivity index (χ0n) is 14.6. The molecule has 5 nitrogen and oxygen atoms in total. The second-order valence-corrected chi connectivity index (χ2v) is 6.06. The molecule has 0 fully saturated rings. The van der Waals surface area contributed by atoms with E-state index in [1.54, 1.807) is 6.92 Å². The van der Waals surface area contributed by atoms with Gasteiger partial charge in [0.05, 0.1) is 0 Å². The second kappa shape index (κ2) is 6.97. The molecule has 1 heterocycles. The van der Waals surface area contributed by atoms with Gasteiger partial charge in [-0.1, -0.05) is 43.3 Å². The van der Waals surface area contributed by atoms with Gasteiger partial charge in [0.1, 0.15) is 5.58 Å². The maximum atomic E-state index is 12.5. The fraction of sp³-hybridized carbons (Fsp3) is 0.300. The molecule has 0 aliphatic carbocycles. The first-order valence-electron chi connectivity index (χ1n) is 8.42. The third-order valence-corrected chi connectivity index (χ3v) is 4.22. The number of hydrogen-bond donors (Lipinski definition) is 1. The number of nitrogens with one attached hydrogen (secondary N) is 1. The summed E-state index contributed by atoms with van der Waals surface area (Å²) in [7, 11) is 0. The van der Waals surface area contributed by atoms with Crippen molar-refractivity contribution in [3.05, 3.63) is 47.7 Å². The average molecular weight is 339 g/mol. The minimum atomic E-state index is -0.872. The summed E-state index contributed by atoms with van der Waals surface area (Å²) in [5, 5.41) is 5.56. The van der Waals surface area contributed by atoms with E-state index in [9.17, 15) is 9.59 Å². The van der Waals surface area contributed by atoms with Gasteiger partial charge in [0.15, 0.2) is 6.10 Å². The number of rotatable bonds is 5. The molecule has 3 rings (SSSR count). The lowest BCUT2D eigenvalue weighted by molar-refractivity contribution is -0.129. The van der Waals surface area contributed by atoms with Crippen LogP contribution < -0.4 is 5.32 Å². The molecule has 25 heavy (non-hydrogen) atoms. The monoisotopic (exact) mass is 339 g/mol. The second-order valence-electron chi connectivity index (χ2n) is 6.06. The molecule has 5 heteroatoms. The molecular formula is C20H21NO4. The number of fused-ring (bicyclic) bond motifs is 3. The van der Waals surface area contributed by atoms with E-state index in [2.05, 4.69) is 5.32 Å². The van der Waals surface area contributed by atoms with Gasteiger partial charge in [0, 0.05) is 22.9 Å². The smallest absolute Gasteiger partial charge is 0.375 e. The fourth-order valence-electron chi connectivity index (χ4n) is 2.80. The number of amides is 1. The summed E-state index contributed by atoms with van der Waals surface area (Å²) >= 11 is 0. The molecule has 0 spiro atoms. The van der Waals surface area contributed by atoms with Crippen molar-refractivity contribution in [2.75, 3.05) is 6.54 Å². The lowest BCUT2D eigenvalue weighted by atomic mass is 10.1. The molecule has 1 amide bonds. The van der Waals surface area contributed by atoms with E-state index in [1.807, 2.05) is 50.2 Å². The van der Waals surface area contributed by atoms with Gasteiger partial charge in [-0.25, -0.2) is 4.79 Å². The van der Waals surface area contributed by atoms with Crippen LogP contribution in [0.15, 0.2) is 40.8 Å².